The SMILES string of the molecule is CCOC(=O)C1CCc2ccc(N)cc2O1.CCOC(=O)C1CCc2ccc(NC=O)cc2O1. The van der Waals surface area contributed by atoms with Gasteiger partial charge in [0.1, 0.15) is 11.5 Å². The van der Waals surface area contributed by atoms with Crippen LogP contribution in [-0.2, 0) is 36.7 Å². The number of amides is 1. The van der Waals surface area contributed by atoms with Crippen molar-refractivity contribution in [1.82, 2.24) is 0 Å². The van der Waals surface area contributed by atoms with Crippen molar-refractivity contribution in [1.29, 1.82) is 0 Å². The molecule has 2 heterocycles. The standard InChI is InChI=1S/C13H15NO4.C12H15NO3/c1-2-17-13(16)11-6-4-9-3-5-10(14-8-15)7-12(9)18-11;1-2-15-12(14)10-6-4-8-3-5-9(13)7-11(8)16-10/h3,5,7-8,11H,2,4,6H2,1H3,(H,14,15);3,5,7,10H,2,4,6,13H2,1H3. The Hall–Kier alpha value is -3.75. The summed E-state index contributed by atoms with van der Waals surface area (Å²) in [6.45, 7) is 4.27. The molecule has 9 nitrogen and oxygen atoms in total. The fourth-order valence-corrected chi connectivity index (χ4v) is 3.72. The van der Waals surface area contributed by atoms with E-state index in [2.05, 4.69) is 5.32 Å². The number of hydrogen-bond donors (Lipinski definition) is 2. The fraction of sp³-hybridized carbons (Fsp3) is 0.400. The molecule has 0 bridgehead atoms. The van der Waals surface area contributed by atoms with Gasteiger partial charge in [-0.3, -0.25) is 4.79 Å². The molecule has 0 fully saturated rings. The minimum Gasteiger partial charge on any atom is -0.478 e. The number of nitrogens with one attached hydrogen (secondary N) is 1. The van der Waals surface area contributed by atoms with E-state index in [1.807, 2.05) is 18.2 Å². The smallest absolute Gasteiger partial charge is 0.347 e. The van der Waals surface area contributed by atoms with Crippen LogP contribution in [-0.4, -0.2) is 43.8 Å². The summed E-state index contributed by atoms with van der Waals surface area (Å²) >= 11 is 0. The molecule has 2 aliphatic heterocycles. The molecule has 2 aromatic carbocycles. The van der Waals surface area contributed by atoms with Gasteiger partial charge in [0.15, 0.2) is 12.2 Å². The van der Waals surface area contributed by atoms with Gasteiger partial charge in [0.25, 0.3) is 0 Å². The molecule has 3 N–H and O–H groups in total. The van der Waals surface area contributed by atoms with Crippen LogP contribution in [0.15, 0.2) is 36.4 Å². The number of nitrogens with two attached hydrogens (primary N) is 1. The predicted octanol–water partition coefficient (Wildman–Crippen LogP) is 3.04. The van der Waals surface area contributed by atoms with Crippen molar-refractivity contribution < 1.29 is 33.3 Å². The van der Waals surface area contributed by atoms with Gasteiger partial charge in [0, 0.05) is 23.5 Å². The van der Waals surface area contributed by atoms with E-state index in [0.717, 1.165) is 24.0 Å². The van der Waals surface area contributed by atoms with Gasteiger partial charge in [-0.25, -0.2) is 9.59 Å². The molecule has 0 spiro atoms. The predicted molar refractivity (Wildman–Crippen MR) is 126 cm³/mol. The number of esters is 2. The molecule has 2 atom stereocenters. The number of ether oxygens (including phenoxy) is 4. The molecule has 0 saturated heterocycles. The molecule has 1 amide bonds. The zero-order valence-corrected chi connectivity index (χ0v) is 19.4. The first kappa shape index (κ1) is 24.9. The lowest BCUT2D eigenvalue weighted by atomic mass is 10.0. The van der Waals surface area contributed by atoms with Gasteiger partial charge >= 0.3 is 11.9 Å². The molecule has 182 valence electrons. The van der Waals surface area contributed by atoms with Crippen LogP contribution >= 0.6 is 0 Å². The minimum atomic E-state index is -0.552. The number of nitrogen functional groups attached to an aromatic ring is 1. The Labute approximate surface area is 198 Å². The summed E-state index contributed by atoms with van der Waals surface area (Å²) in [5.74, 6) is 0.697. The van der Waals surface area contributed by atoms with Crippen LogP contribution in [0.5, 0.6) is 11.5 Å². The third kappa shape index (κ3) is 6.40. The number of carbonyl (C=O) groups excluding carboxylic acids is 3. The highest BCUT2D eigenvalue weighted by molar-refractivity contribution is 5.77. The Balaban J connectivity index is 0.000000192. The van der Waals surface area contributed by atoms with E-state index in [0.29, 0.717) is 55.3 Å². The van der Waals surface area contributed by atoms with E-state index >= 15 is 0 Å². The highest BCUT2D eigenvalue weighted by atomic mass is 16.6. The van der Waals surface area contributed by atoms with Gasteiger partial charge < -0.3 is 30.0 Å². The summed E-state index contributed by atoms with van der Waals surface area (Å²) in [7, 11) is 0. The van der Waals surface area contributed by atoms with E-state index < -0.39 is 12.2 Å². The monoisotopic (exact) mass is 470 g/mol. The van der Waals surface area contributed by atoms with E-state index in [-0.39, 0.29) is 11.9 Å². The van der Waals surface area contributed by atoms with Crippen molar-refractivity contribution in [2.45, 2.75) is 51.7 Å². The van der Waals surface area contributed by atoms with Gasteiger partial charge in [-0.2, -0.15) is 0 Å². The number of carbonyl (C=O) groups is 3. The van der Waals surface area contributed by atoms with Crippen LogP contribution in [0.2, 0.25) is 0 Å². The van der Waals surface area contributed by atoms with E-state index in [4.69, 9.17) is 24.7 Å². The van der Waals surface area contributed by atoms with Gasteiger partial charge in [-0.1, -0.05) is 12.1 Å². The lowest BCUT2D eigenvalue weighted by Crippen LogP contribution is -2.32. The van der Waals surface area contributed by atoms with Crippen LogP contribution in [0.3, 0.4) is 0 Å². The number of aryl methyl sites for hydroxylation is 2. The Morgan fingerprint density at radius 1 is 0.941 bits per heavy atom. The largest absolute Gasteiger partial charge is 0.478 e. The van der Waals surface area contributed by atoms with E-state index in [1.54, 1.807) is 32.0 Å². The maximum Gasteiger partial charge on any atom is 0.347 e. The molecular weight excluding hydrogens is 440 g/mol. The third-order valence-electron chi connectivity index (χ3n) is 5.37. The molecule has 2 aromatic rings. The lowest BCUT2D eigenvalue weighted by Gasteiger charge is -2.24. The Bertz CT molecular complexity index is 1020. The topological polar surface area (TPSA) is 126 Å². The van der Waals surface area contributed by atoms with Crippen LogP contribution < -0.4 is 20.5 Å². The first-order valence-electron chi connectivity index (χ1n) is 11.3. The molecule has 0 aliphatic carbocycles. The molecular formula is C25H30N2O7. The average molecular weight is 471 g/mol. The third-order valence-corrected chi connectivity index (χ3v) is 5.37. The summed E-state index contributed by atoms with van der Waals surface area (Å²) in [6, 6.07) is 10.9. The summed E-state index contributed by atoms with van der Waals surface area (Å²) in [5, 5.41) is 2.55. The van der Waals surface area contributed by atoms with Crippen molar-refractivity contribution in [3.63, 3.8) is 0 Å². The van der Waals surface area contributed by atoms with Gasteiger partial charge in [-0.05, 0) is 62.8 Å². The van der Waals surface area contributed by atoms with Crippen molar-refractivity contribution in [2.24, 2.45) is 0 Å². The summed E-state index contributed by atoms with van der Waals surface area (Å²) in [5.41, 5.74) is 9.08. The van der Waals surface area contributed by atoms with E-state index in [9.17, 15) is 14.4 Å². The van der Waals surface area contributed by atoms with Crippen molar-refractivity contribution in [3.8, 4) is 11.5 Å². The molecule has 2 unspecified atom stereocenters. The zero-order chi connectivity index (χ0) is 24.5. The Morgan fingerprint density at radius 2 is 1.47 bits per heavy atom. The summed E-state index contributed by atoms with van der Waals surface area (Å²) < 4.78 is 21.0. The van der Waals surface area contributed by atoms with Crippen LogP contribution in [0.1, 0.15) is 37.8 Å². The second kappa shape index (κ2) is 11.9. The van der Waals surface area contributed by atoms with Crippen LogP contribution in [0, 0.1) is 0 Å². The molecule has 0 saturated carbocycles. The average Bonchev–Trinajstić information content (AvgIpc) is 2.84. The highest BCUT2D eigenvalue weighted by Crippen LogP contribution is 2.31. The Morgan fingerprint density at radius 3 is 2.00 bits per heavy atom. The number of benzene rings is 2. The highest BCUT2D eigenvalue weighted by Gasteiger charge is 2.28. The first-order valence-corrected chi connectivity index (χ1v) is 11.3. The van der Waals surface area contributed by atoms with Crippen molar-refractivity contribution in [3.05, 3.63) is 47.5 Å². The number of anilines is 2. The maximum atomic E-state index is 11.6. The summed E-state index contributed by atoms with van der Waals surface area (Å²) in [4.78, 5) is 33.5. The quantitative estimate of drug-likeness (QED) is 0.375. The molecule has 34 heavy (non-hydrogen) atoms. The zero-order valence-electron chi connectivity index (χ0n) is 19.4. The van der Waals surface area contributed by atoms with Gasteiger partial charge in [0.05, 0.1) is 13.2 Å². The molecule has 0 aromatic heterocycles. The van der Waals surface area contributed by atoms with Crippen LogP contribution in [0.4, 0.5) is 11.4 Å². The number of hydrogen-bond acceptors (Lipinski definition) is 8. The van der Waals surface area contributed by atoms with Gasteiger partial charge in [-0.15, -0.1) is 0 Å². The van der Waals surface area contributed by atoms with Gasteiger partial charge in [0.2, 0.25) is 6.41 Å². The molecule has 4 rings (SSSR count). The summed E-state index contributed by atoms with van der Waals surface area (Å²) in [6.07, 6.45) is 2.42. The number of rotatable bonds is 6. The lowest BCUT2D eigenvalue weighted by molar-refractivity contribution is -0.152. The normalized spacial score (nSPS) is 17.8. The Kier molecular flexibility index (Phi) is 8.73. The van der Waals surface area contributed by atoms with Crippen molar-refractivity contribution in [2.75, 3.05) is 24.3 Å². The second-order valence-corrected chi connectivity index (χ2v) is 7.75. The molecule has 0 radical (unpaired) electrons. The molecule has 9 heteroatoms. The molecule has 2 aliphatic rings. The minimum absolute atomic E-state index is 0.296. The fourth-order valence-electron chi connectivity index (χ4n) is 3.72. The first-order chi connectivity index (χ1) is 16.4. The van der Waals surface area contributed by atoms with Crippen LogP contribution in [0.25, 0.3) is 0 Å². The number of fused-ring (bicyclic) bond motifs is 2. The second-order valence-electron chi connectivity index (χ2n) is 7.75. The maximum absolute atomic E-state index is 11.6. The van der Waals surface area contributed by atoms with Crippen molar-refractivity contribution >= 4 is 29.7 Å². The van der Waals surface area contributed by atoms with E-state index in [1.165, 1.54) is 0 Å².